The normalized spacial score (nSPS) is 22.3. The average Bonchev–Trinajstić information content (AvgIpc) is 2.83. The van der Waals surface area contributed by atoms with Gasteiger partial charge in [0.1, 0.15) is 5.82 Å². The van der Waals surface area contributed by atoms with E-state index < -0.39 is 0 Å². The van der Waals surface area contributed by atoms with Crippen LogP contribution in [0.25, 0.3) is 0 Å². The van der Waals surface area contributed by atoms with Crippen LogP contribution in [0.4, 0.5) is 4.39 Å². The molecule has 0 unspecified atom stereocenters. The summed E-state index contributed by atoms with van der Waals surface area (Å²) in [5.74, 6) is -0.0137. The molecule has 86 valence electrons. The lowest BCUT2D eigenvalue weighted by atomic mass is 9.97. The van der Waals surface area contributed by atoms with Gasteiger partial charge in [-0.25, -0.2) is 4.39 Å². The Morgan fingerprint density at radius 2 is 2.00 bits per heavy atom. The highest BCUT2D eigenvalue weighted by atomic mass is 19.1. The fourth-order valence-corrected chi connectivity index (χ4v) is 3.14. The summed E-state index contributed by atoms with van der Waals surface area (Å²) in [4.78, 5) is 2.48. The van der Waals surface area contributed by atoms with Crippen LogP contribution in [-0.4, -0.2) is 17.5 Å². The molecule has 2 aliphatic rings. The molecule has 16 heavy (non-hydrogen) atoms. The van der Waals surface area contributed by atoms with Gasteiger partial charge in [-0.15, -0.1) is 0 Å². The van der Waals surface area contributed by atoms with E-state index in [0.29, 0.717) is 6.04 Å². The van der Waals surface area contributed by atoms with E-state index in [-0.39, 0.29) is 5.82 Å². The Hall–Kier alpha value is -0.890. The van der Waals surface area contributed by atoms with Crippen molar-refractivity contribution in [3.8, 4) is 0 Å². The van der Waals surface area contributed by atoms with E-state index in [9.17, 15) is 4.39 Å². The Morgan fingerprint density at radius 3 is 2.81 bits per heavy atom. The van der Waals surface area contributed by atoms with Crippen molar-refractivity contribution in [3.63, 3.8) is 0 Å². The number of nitrogens with zero attached hydrogens (tertiary/aromatic N) is 1. The lowest BCUT2D eigenvalue weighted by molar-refractivity contribution is 0.178. The number of fused-ring (bicyclic) bond motifs is 1. The Balaban J connectivity index is 1.82. The van der Waals surface area contributed by atoms with Gasteiger partial charge in [-0.1, -0.05) is 25.0 Å². The summed E-state index contributed by atoms with van der Waals surface area (Å²) in [6.45, 7) is 1.94. The Labute approximate surface area is 96.3 Å². The molecule has 1 heterocycles. The summed E-state index contributed by atoms with van der Waals surface area (Å²) in [6.07, 6.45) is 6.34. The van der Waals surface area contributed by atoms with Crippen molar-refractivity contribution in [1.82, 2.24) is 4.90 Å². The summed E-state index contributed by atoms with van der Waals surface area (Å²) in [7, 11) is 0. The van der Waals surface area contributed by atoms with Crippen LogP contribution in [0.15, 0.2) is 18.2 Å². The quantitative estimate of drug-likeness (QED) is 0.701. The third-order valence-electron chi connectivity index (χ3n) is 4.09. The lowest BCUT2D eigenvalue weighted by Gasteiger charge is -2.33. The molecule has 0 amide bonds. The van der Waals surface area contributed by atoms with Gasteiger partial charge in [0.15, 0.2) is 0 Å². The van der Waals surface area contributed by atoms with Crippen molar-refractivity contribution in [2.24, 2.45) is 0 Å². The van der Waals surface area contributed by atoms with Gasteiger partial charge in [-0.2, -0.15) is 0 Å². The van der Waals surface area contributed by atoms with E-state index in [1.54, 1.807) is 6.07 Å². The molecule has 0 N–H and O–H groups in total. The maximum atomic E-state index is 13.7. The van der Waals surface area contributed by atoms with E-state index >= 15 is 0 Å². The number of rotatable bonds is 1. The number of hydrogen-bond acceptors (Lipinski definition) is 1. The molecule has 1 saturated carbocycles. The lowest BCUT2D eigenvalue weighted by Crippen LogP contribution is -2.38. The second-order valence-electron chi connectivity index (χ2n) is 5.04. The molecule has 2 heteroatoms. The molecule has 3 rings (SSSR count). The molecule has 0 saturated heterocycles. The van der Waals surface area contributed by atoms with Crippen LogP contribution in [-0.2, 0) is 13.0 Å². The molecule has 1 aromatic rings. The predicted octanol–water partition coefficient (Wildman–Crippen LogP) is 3.13. The van der Waals surface area contributed by atoms with Crippen LogP contribution >= 0.6 is 0 Å². The average molecular weight is 219 g/mol. The molecule has 0 bridgehead atoms. The summed E-state index contributed by atoms with van der Waals surface area (Å²) in [6, 6.07) is 6.22. The third kappa shape index (κ3) is 1.75. The van der Waals surface area contributed by atoms with Crippen molar-refractivity contribution in [2.45, 2.75) is 44.7 Å². The second-order valence-corrected chi connectivity index (χ2v) is 5.04. The largest absolute Gasteiger partial charge is 0.296 e. The molecule has 1 aliphatic carbocycles. The Kier molecular flexibility index (Phi) is 2.68. The minimum Gasteiger partial charge on any atom is -0.296 e. The Bertz CT molecular complexity index is 382. The van der Waals surface area contributed by atoms with Crippen LogP contribution < -0.4 is 0 Å². The fourth-order valence-electron chi connectivity index (χ4n) is 3.14. The summed E-state index contributed by atoms with van der Waals surface area (Å²) >= 11 is 0. The van der Waals surface area contributed by atoms with Gasteiger partial charge >= 0.3 is 0 Å². The summed E-state index contributed by atoms with van der Waals surface area (Å²) in [5.41, 5.74) is 2.16. The maximum Gasteiger partial charge on any atom is 0.127 e. The van der Waals surface area contributed by atoms with Gasteiger partial charge in [-0.05, 0) is 30.9 Å². The highest BCUT2D eigenvalue weighted by Crippen LogP contribution is 2.29. The van der Waals surface area contributed by atoms with Crippen molar-refractivity contribution in [2.75, 3.05) is 6.54 Å². The molecule has 0 radical (unpaired) electrons. The highest BCUT2D eigenvalue weighted by molar-refractivity contribution is 5.30. The third-order valence-corrected chi connectivity index (χ3v) is 4.09. The fraction of sp³-hybridized carbons (Fsp3) is 0.571. The second kappa shape index (κ2) is 4.17. The zero-order valence-corrected chi connectivity index (χ0v) is 9.58. The van der Waals surface area contributed by atoms with Gasteiger partial charge < -0.3 is 0 Å². The van der Waals surface area contributed by atoms with Gasteiger partial charge in [0.2, 0.25) is 0 Å². The highest BCUT2D eigenvalue weighted by Gasteiger charge is 2.26. The maximum absolute atomic E-state index is 13.7. The topological polar surface area (TPSA) is 3.24 Å². The van der Waals surface area contributed by atoms with Crippen LogP contribution in [0.3, 0.4) is 0 Å². The zero-order valence-electron chi connectivity index (χ0n) is 9.58. The standard InChI is InChI=1S/C14H18FN/c15-14-7-3-4-11-8-9-16(10-13(11)14)12-5-1-2-6-12/h3-4,7,12H,1-2,5-6,8-10H2. The molecular weight excluding hydrogens is 201 g/mol. The van der Waals surface area contributed by atoms with E-state index in [2.05, 4.69) is 11.0 Å². The first-order valence-electron chi connectivity index (χ1n) is 6.35. The first-order chi connectivity index (χ1) is 7.84. The van der Waals surface area contributed by atoms with Gasteiger partial charge in [-0.3, -0.25) is 4.90 Å². The summed E-state index contributed by atoms with van der Waals surface area (Å²) in [5, 5.41) is 0. The summed E-state index contributed by atoms with van der Waals surface area (Å²) < 4.78 is 13.7. The zero-order chi connectivity index (χ0) is 11.0. The molecule has 1 aliphatic heterocycles. The van der Waals surface area contributed by atoms with Crippen molar-refractivity contribution < 1.29 is 4.39 Å². The van der Waals surface area contributed by atoms with Crippen molar-refractivity contribution >= 4 is 0 Å². The molecule has 0 aromatic heterocycles. The van der Waals surface area contributed by atoms with Crippen LogP contribution in [0.5, 0.6) is 0 Å². The monoisotopic (exact) mass is 219 g/mol. The SMILES string of the molecule is Fc1cccc2c1CN(C1CCCC1)CC2. The van der Waals surface area contributed by atoms with Crippen LogP contribution in [0.1, 0.15) is 36.8 Å². The van der Waals surface area contributed by atoms with E-state index in [1.807, 2.05) is 6.07 Å². The molecule has 0 spiro atoms. The number of hydrogen-bond donors (Lipinski definition) is 0. The van der Waals surface area contributed by atoms with E-state index in [1.165, 1.54) is 31.2 Å². The Morgan fingerprint density at radius 1 is 1.19 bits per heavy atom. The first kappa shape index (κ1) is 10.3. The molecule has 1 fully saturated rings. The minimum atomic E-state index is -0.0137. The number of halogens is 1. The van der Waals surface area contributed by atoms with Crippen molar-refractivity contribution in [1.29, 1.82) is 0 Å². The smallest absolute Gasteiger partial charge is 0.127 e. The molecule has 0 atom stereocenters. The van der Waals surface area contributed by atoms with E-state index in [0.717, 1.165) is 25.1 Å². The van der Waals surface area contributed by atoms with Gasteiger partial charge in [0.25, 0.3) is 0 Å². The molecular formula is C14H18FN. The van der Waals surface area contributed by atoms with Gasteiger partial charge in [0, 0.05) is 24.7 Å². The minimum absolute atomic E-state index is 0.0137. The van der Waals surface area contributed by atoms with E-state index in [4.69, 9.17) is 0 Å². The van der Waals surface area contributed by atoms with Gasteiger partial charge in [0.05, 0.1) is 0 Å². The number of benzene rings is 1. The first-order valence-corrected chi connectivity index (χ1v) is 6.35. The van der Waals surface area contributed by atoms with Crippen molar-refractivity contribution in [3.05, 3.63) is 35.1 Å². The molecule has 1 nitrogen and oxygen atoms in total. The predicted molar refractivity (Wildman–Crippen MR) is 62.8 cm³/mol. The van der Waals surface area contributed by atoms with Crippen LogP contribution in [0.2, 0.25) is 0 Å². The van der Waals surface area contributed by atoms with Crippen LogP contribution in [0, 0.1) is 5.82 Å². The molecule has 1 aromatic carbocycles.